The third-order valence-electron chi connectivity index (χ3n) is 4.53. The van der Waals surface area contributed by atoms with Crippen molar-refractivity contribution in [2.45, 2.75) is 58.5 Å². The number of rotatable bonds is 12. The third kappa shape index (κ3) is 7.40. The molecule has 140 valence electrons. The number of carboxylic acid groups (broad SMARTS) is 1. The number of carbonyl (C=O) groups is 1. The molecule has 0 spiro atoms. The summed E-state index contributed by atoms with van der Waals surface area (Å²) < 4.78 is 5.74. The van der Waals surface area contributed by atoms with Crippen LogP contribution in [0.15, 0.2) is 48.5 Å². The molecule has 2 aromatic rings. The van der Waals surface area contributed by atoms with Crippen molar-refractivity contribution in [3.63, 3.8) is 0 Å². The number of carboxylic acids is 1. The third-order valence-corrected chi connectivity index (χ3v) is 4.53. The molecule has 0 bridgehead atoms. The van der Waals surface area contributed by atoms with E-state index in [1.165, 1.54) is 29.5 Å². The zero-order chi connectivity index (χ0) is 18.6. The van der Waals surface area contributed by atoms with Crippen LogP contribution in [0, 0.1) is 0 Å². The van der Waals surface area contributed by atoms with Gasteiger partial charge in [-0.3, -0.25) is 0 Å². The van der Waals surface area contributed by atoms with E-state index in [-0.39, 0.29) is 0 Å². The van der Waals surface area contributed by atoms with Gasteiger partial charge in [-0.2, -0.15) is 0 Å². The summed E-state index contributed by atoms with van der Waals surface area (Å²) in [7, 11) is 0. The molecule has 2 aromatic carbocycles. The minimum atomic E-state index is -0.870. The average Bonchev–Trinajstić information content (AvgIpc) is 2.66. The first-order valence-corrected chi connectivity index (χ1v) is 9.67. The van der Waals surface area contributed by atoms with Gasteiger partial charge in [0.05, 0.1) is 12.2 Å². The average molecular weight is 354 g/mol. The van der Waals surface area contributed by atoms with Crippen LogP contribution in [0.3, 0.4) is 0 Å². The smallest absolute Gasteiger partial charge is 0.335 e. The predicted octanol–water partition coefficient (Wildman–Crippen LogP) is 5.66. The van der Waals surface area contributed by atoms with E-state index in [0.29, 0.717) is 12.2 Å². The molecule has 0 radical (unpaired) electrons. The lowest BCUT2D eigenvalue weighted by Gasteiger charge is -2.07. The molecule has 0 saturated carbocycles. The van der Waals surface area contributed by atoms with Crippen molar-refractivity contribution >= 4 is 5.97 Å². The largest absolute Gasteiger partial charge is 0.478 e. The lowest BCUT2D eigenvalue weighted by atomic mass is 10.0. The fraction of sp³-hybridized carbons (Fsp3) is 0.435. The number of unbranched alkanes of at least 4 members (excludes halogenated alkanes) is 3. The van der Waals surface area contributed by atoms with Crippen LogP contribution in [0.4, 0.5) is 0 Å². The standard InChI is InChI=1S/C23H30O3/c1-2-3-6-16-26-18-21-11-7-10-20(17-21)9-5-4-8-19-12-14-22(15-13-19)23(24)25/h7,10-15,17H,2-6,8-9,16,18H2,1H3,(H,24,25). The van der Waals surface area contributed by atoms with Crippen molar-refractivity contribution < 1.29 is 14.6 Å². The highest BCUT2D eigenvalue weighted by Gasteiger charge is 2.02. The van der Waals surface area contributed by atoms with Gasteiger partial charge in [0.1, 0.15) is 0 Å². The van der Waals surface area contributed by atoms with Gasteiger partial charge >= 0.3 is 5.97 Å². The number of benzene rings is 2. The molecule has 0 aliphatic rings. The second-order valence-electron chi connectivity index (χ2n) is 6.79. The molecule has 0 amide bonds. The molecular formula is C23H30O3. The Morgan fingerprint density at radius 1 is 0.885 bits per heavy atom. The van der Waals surface area contributed by atoms with Gasteiger partial charge < -0.3 is 9.84 Å². The Morgan fingerprint density at radius 2 is 1.58 bits per heavy atom. The van der Waals surface area contributed by atoms with Gasteiger partial charge in [0.15, 0.2) is 0 Å². The minimum absolute atomic E-state index is 0.350. The van der Waals surface area contributed by atoms with E-state index in [2.05, 4.69) is 31.2 Å². The zero-order valence-corrected chi connectivity index (χ0v) is 15.7. The first-order chi connectivity index (χ1) is 12.7. The Kier molecular flexibility index (Phi) is 8.91. The molecule has 0 fully saturated rings. The Labute approximate surface area is 157 Å². The van der Waals surface area contributed by atoms with Gasteiger partial charge in [-0.05, 0) is 60.9 Å². The zero-order valence-electron chi connectivity index (χ0n) is 15.7. The molecule has 0 aliphatic heterocycles. The molecule has 0 unspecified atom stereocenters. The Morgan fingerprint density at radius 3 is 2.27 bits per heavy atom. The molecule has 0 aromatic heterocycles. The highest BCUT2D eigenvalue weighted by molar-refractivity contribution is 5.87. The molecule has 0 heterocycles. The summed E-state index contributed by atoms with van der Waals surface area (Å²) in [5.41, 5.74) is 4.16. The van der Waals surface area contributed by atoms with Gasteiger partial charge in [0.2, 0.25) is 0 Å². The van der Waals surface area contributed by atoms with Crippen LogP contribution in [-0.4, -0.2) is 17.7 Å². The molecule has 3 heteroatoms. The van der Waals surface area contributed by atoms with E-state index in [9.17, 15) is 4.79 Å². The molecule has 0 aliphatic carbocycles. The summed E-state index contributed by atoms with van der Waals surface area (Å²) >= 11 is 0. The SMILES string of the molecule is CCCCCOCc1cccc(CCCCc2ccc(C(=O)O)cc2)c1. The summed E-state index contributed by atoms with van der Waals surface area (Å²) in [5, 5.41) is 8.92. The maximum Gasteiger partial charge on any atom is 0.335 e. The minimum Gasteiger partial charge on any atom is -0.478 e. The van der Waals surface area contributed by atoms with Crippen LogP contribution in [0.2, 0.25) is 0 Å². The van der Waals surface area contributed by atoms with Crippen LogP contribution in [0.25, 0.3) is 0 Å². The van der Waals surface area contributed by atoms with Crippen LogP contribution in [0.5, 0.6) is 0 Å². The van der Waals surface area contributed by atoms with E-state index in [4.69, 9.17) is 9.84 Å². The Hall–Kier alpha value is -2.13. The van der Waals surface area contributed by atoms with Gasteiger partial charge in [-0.25, -0.2) is 4.79 Å². The van der Waals surface area contributed by atoms with Crippen LogP contribution >= 0.6 is 0 Å². The number of ether oxygens (including phenoxy) is 1. The molecule has 26 heavy (non-hydrogen) atoms. The van der Waals surface area contributed by atoms with Crippen molar-refractivity contribution in [2.75, 3.05) is 6.61 Å². The number of hydrogen-bond acceptors (Lipinski definition) is 2. The van der Waals surface area contributed by atoms with Gasteiger partial charge in [0.25, 0.3) is 0 Å². The maximum absolute atomic E-state index is 10.9. The number of aryl methyl sites for hydroxylation is 2. The van der Waals surface area contributed by atoms with E-state index in [0.717, 1.165) is 38.7 Å². The van der Waals surface area contributed by atoms with Gasteiger partial charge in [-0.15, -0.1) is 0 Å². The summed E-state index contributed by atoms with van der Waals surface area (Å²) in [4.78, 5) is 10.9. The van der Waals surface area contributed by atoms with E-state index in [1.54, 1.807) is 12.1 Å². The van der Waals surface area contributed by atoms with E-state index in [1.807, 2.05) is 12.1 Å². The van der Waals surface area contributed by atoms with Crippen LogP contribution < -0.4 is 0 Å². The Balaban J connectivity index is 1.68. The Bertz CT molecular complexity index is 661. The van der Waals surface area contributed by atoms with E-state index < -0.39 is 5.97 Å². The summed E-state index contributed by atoms with van der Waals surface area (Å²) in [6.07, 6.45) is 7.88. The topological polar surface area (TPSA) is 46.5 Å². The van der Waals surface area contributed by atoms with Gasteiger partial charge in [0, 0.05) is 6.61 Å². The first-order valence-electron chi connectivity index (χ1n) is 9.67. The quantitative estimate of drug-likeness (QED) is 0.500. The fourth-order valence-electron chi connectivity index (χ4n) is 2.99. The highest BCUT2D eigenvalue weighted by Crippen LogP contribution is 2.13. The predicted molar refractivity (Wildman–Crippen MR) is 106 cm³/mol. The summed E-state index contributed by atoms with van der Waals surface area (Å²) in [5.74, 6) is -0.870. The second-order valence-corrected chi connectivity index (χ2v) is 6.79. The lowest BCUT2D eigenvalue weighted by molar-refractivity contribution is 0.0697. The van der Waals surface area contributed by atoms with Crippen molar-refractivity contribution in [1.82, 2.24) is 0 Å². The maximum atomic E-state index is 10.9. The van der Waals surface area contributed by atoms with Crippen molar-refractivity contribution in [3.05, 3.63) is 70.8 Å². The second kappa shape index (κ2) is 11.5. The molecule has 0 atom stereocenters. The summed E-state index contributed by atoms with van der Waals surface area (Å²) in [6, 6.07) is 15.9. The van der Waals surface area contributed by atoms with Crippen molar-refractivity contribution in [1.29, 1.82) is 0 Å². The highest BCUT2D eigenvalue weighted by atomic mass is 16.5. The normalized spacial score (nSPS) is 10.8. The monoisotopic (exact) mass is 354 g/mol. The molecule has 2 rings (SSSR count). The molecule has 1 N–H and O–H groups in total. The number of hydrogen-bond donors (Lipinski definition) is 1. The van der Waals surface area contributed by atoms with Crippen molar-refractivity contribution in [3.8, 4) is 0 Å². The van der Waals surface area contributed by atoms with Crippen molar-refractivity contribution in [2.24, 2.45) is 0 Å². The van der Waals surface area contributed by atoms with Crippen LogP contribution in [-0.2, 0) is 24.2 Å². The van der Waals surface area contributed by atoms with Crippen LogP contribution in [0.1, 0.15) is 66.1 Å². The lowest BCUT2D eigenvalue weighted by Crippen LogP contribution is -1.97. The molecule has 0 saturated heterocycles. The first kappa shape index (κ1) is 20.2. The molecular weight excluding hydrogens is 324 g/mol. The van der Waals surface area contributed by atoms with E-state index >= 15 is 0 Å². The number of aromatic carboxylic acids is 1. The molecule has 3 nitrogen and oxygen atoms in total. The fourth-order valence-corrected chi connectivity index (χ4v) is 2.99. The summed E-state index contributed by atoms with van der Waals surface area (Å²) in [6.45, 7) is 3.75. The van der Waals surface area contributed by atoms with Gasteiger partial charge in [-0.1, -0.05) is 56.2 Å².